The average Bonchev–Trinajstić information content (AvgIpc) is 3.13. The molecule has 0 aliphatic rings. The van der Waals surface area contributed by atoms with Crippen molar-refractivity contribution in [3.63, 3.8) is 0 Å². The van der Waals surface area contributed by atoms with Crippen LogP contribution in [0.5, 0.6) is 5.75 Å². The summed E-state index contributed by atoms with van der Waals surface area (Å²) < 4.78 is 14.5. The molecule has 10 heteroatoms. The molecule has 5 aromatic rings. The first-order valence-corrected chi connectivity index (χ1v) is 22.0. The number of benzene rings is 2. The minimum absolute atomic E-state index is 0.0819. The van der Waals surface area contributed by atoms with E-state index in [4.69, 9.17) is 9.16 Å². The van der Waals surface area contributed by atoms with Gasteiger partial charge in [0.1, 0.15) is 23.7 Å². The Bertz CT molecular complexity index is 2090. The molecule has 2 aromatic carbocycles. The third kappa shape index (κ3) is 9.46. The van der Waals surface area contributed by atoms with Gasteiger partial charge in [-0.3, -0.25) is 14.3 Å². The second-order valence-electron chi connectivity index (χ2n) is 16.0. The Hall–Kier alpha value is -4.80. The number of anilines is 2. The number of amides is 2. The molecule has 0 fully saturated rings. The third-order valence-corrected chi connectivity index (χ3v) is 10.3. The van der Waals surface area contributed by atoms with Gasteiger partial charge in [0.15, 0.2) is 9.04 Å². The molecule has 0 bridgehead atoms. The number of ether oxygens (including phenoxy) is 1. The Balaban J connectivity index is 1.62. The highest BCUT2D eigenvalue weighted by Gasteiger charge is 2.31. The Morgan fingerprint density at radius 2 is 1.59 bits per heavy atom. The maximum absolute atomic E-state index is 14.6. The highest BCUT2D eigenvalue weighted by atomic mass is 28.3. The van der Waals surface area contributed by atoms with Gasteiger partial charge in [0.05, 0.1) is 6.10 Å². The van der Waals surface area contributed by atoms with Crippen LogP contribution >= 0.6 is 0 Å². The van der Waals surface area contributed by atoms with Gasteiger partial charge >= 0.3 is 6.03 Å². The number of fused-ring (bicyclic) bond motifs is 1. The highest BCUT2D eigenvalue weighted by molar-refractivity contribution is 6.48. The second kappa shape index (κ2) is 17.6. The van der Waals surface area contributed by atoms with E-state index in [2.05, 4.69) is 101 Å². The maximum Gasteiger partial charge on any atom is 0.323 e. The van der Waals surface area contributed by atoms with Gasteiger partial charge in [0.2, 0.25) is 0 Å². The maximum atomic E-state index is 14.6. The van der Waals surface area contributed by atoms with Crippen LogP contribution in [0.1, 0.15) is 108 Å². The summed E-state index contributed by atoms with van der Waals surface area (Å²) in [5.74, 6) is 0.843. The summed E-state index contributed by atoms with van der Waals surface area (Å²) in [6.45, 7) is 22.5. The quantitative estimate of drug-likeness (QED) is 0.110. The predicted molar refractivity (Wildman–Crippen MR) is 224 cm³/mol. The topological polar surface area (TPSA) is 107 Å². The molecule has 3 heterocycles. The van der Waals surface area contributed by atoms with Gasteiger partial charge in [-0.05, 0) is 89.4 Å². The molecular formula is C44H57N5O4Si. The van der Waals surface area contributed by atoms with E-state index >= 15 is 0 Å². The lowest BCUT2D eigenvalue weighted by Gasteiger charge is -2.34. The summed E-state index contributed by atoms with van der Waals surface area (Å²) in [5.41, 5.74) is 6.50. The monoisotopic (exact) mass is 747 g/mol. The molecule has 0 saturated heterocycles. The van der Waals surface area contributed by atoms with Gasteiger partial charge in [0, 0.05) is 47.3 Å². The van der Waals surface area contributed by atoms with Crippen LogP contribution < -0.4 is 20.9 Å². The van der Waals surface area contributed by atoms with Crippen molar-refractivity contribution >= 4 is 37.5 Å². The molecule has 2 N–H and O–H groups in total. The lowest BCUT2D eigenvalue weighted by atomic mass is 9.81. The van der Waals surface area contributed by atoms with E-state index in [-0.39, 0.29) is 34.6 Å². The minimum Gasteiger partial charge on any atom is -0.489 e. The number of carbonyl (C=O) groups is 1. The molecule has 1 atom stereocenters. The summed E-state index contributed by atoms with van der Waals surface area (Å²) in [6, 6.07) is 19.1. The second-order valence-corrected chi connectivity index (χ2v) is 18.4. The number of pyridine rings is 3. The lowest BCUT2D eigenvalue weighted by Crippen LogP contribution is -2.30. The number of carbonyl (C=O) groups excluding carboxylic acids is 1. The lowest BCUT2D eigenvalue weighted by molar-refractivity contribution is 0.0864. The van der Waals surface area contributed by atoms with E-state index in [9.17, 15) is 9.59 Å². The van der Waals surface area contributed by atoms with Crippen LogP contribution in [-0.2, 0) is 17.6 Å². The van der Waals surface area contributed by atoms with E-state index in [0.717, 1.165) is 51.7 Å². The van der Waals surface area contributed by atoms with Crippen LogP contribution in [-0.4, -0.2) is 29.6 Å². The summed E-state index contributed by atoms with van der Waals surface area (Å²) >= 11 is 0. The predicted octanol–water partition coefficient (Wildman–Crippen LogP) is 10.8. The minimum atomic E-state index is -1.37. The van der Waals surface area contributed by atoms with Crippen molar-refractivity contribution in [2.45, 2.75) is 112 Å². The first kappa shape index (κ1) is 40.4. The van der Waals surface area contributed by atoms with Crippen LogP contribution in [0.25, 0.3) is 22.2 Å². The molecule has 3 aromatic heterocycles. The van der Waals surface area contributed by atoms with Crippen molar-refractivity contribution < 1.29 is 14.0 Å². The molecule has 1 unspecified atom stereocenters. The largest absolute Gasteiger partial charge is 0.489 e. The Morgan fingerprint density at radius 1 is 0.907 bits per heavy atom. The number of hydrogen-bond acceptors (Lipinski definition) is 6. The molecular weight excluding hydrogens is 691 g/mol. The van der Waals surface area contributed by atoms with E-state index in [1.54, 1.807) is 23.2 Å². The summed E-state index contributed by atoms with van der Waals surface area (Å²) in [7, 11) is -1.37. The van der Waals surface area contributed by atoms with Crippen LogP contribution in [0.4, 0.5) is 16.2 Å². The van der Waals surface area contributed by atoms with E-state index in [1.165, 1.54) is 0 Å². The number of nitrogens with zero attached hydrogens (tertiary/aromatic N) is 3. The molecule has 0 aliphatic heterocycles. The van der Waals surface area contributed by atoms with Crippen molar-refractivity contribution in [3.05, 3.63) is 112 Å². The number of aromatic nitrogens is 3. The molecule has 286 valence electrons. The molecule has 0 radical (unpaired) electrons. The van der Waals surface area contributed by atoms with E-state index in [1.807, 2.05) is 48.5 Å². The number of rotatable bonds is 14. The molecule has 2 amide bonds. The Morgan fingerprint density at radius 3 is 2.20 bits per heavy atom. The van der Waals surface area contributed by atoms with Crippen molar-refractivity contribution in [2.24, 2.45) is 5.41 Å². The summed E-state index contributed by atoms with van der Waals surface area (Å²) in [5, 5.41) is 7.03. The van der Waals surface area contributed by atoms with Crippen LogP contribution in [0, 0.1) is 5.41 Å². The molecule has 5 rings (SSSR count). The van der Waals surface area contributed by atoms with Crippen LogP contribution in [0.3, 0.4) is 0 Å². The van der Waals surface area contributed by atoms with Gasteiger partial charge in [0.25, 0.3) is 5.56 Å². The smallest absolute Gasteiger partial charge is 0.323 e. The highest BCUT2D eigenvalue weighted by Crippen LogP contribution is 2.42. The average molecular weight is 748 g/mol. The number of hydrogen-bond donors (Lipinski definition) is 2. The number of nitrogens with one attached hydrogen (secondary N) is 2. The number of unbranched alkanes of at least 4 members (excludes halogenated alkanes) is 1. The van der Waals surface area contributed by atoms with E-state index < -0.39 is 15.1 Å². The summed E-state index contributed by atoms with van der Waals surface area (Å²) in [6.07, 6.45) is 6.80. The fraction of sp³-hybridized carbons (Fsp3) is 0.409. The Kier molecular flexibility index (Phi) is 13.1. The zero-order valence-electron chi connectivity index (χ0n) is 33.6. The fourth-order valence-electron chi connectivity index (χ4n) is 6.84. The van der Waals surface area contributed by atoms with Crippen LogP contribution in [0.2, 0.25) is 13.1 Å². The van der Waals surface area contributed by atoms with Gasteiger partial charge in [-0.1, -0.05) is 92.1 Å². The number of urea groups is 1. The van der Waals surface area contributed by atoms with Crippen molar-refractivity contribution in [3.8, 4) is 16.9 Å². The van der Waals surface area contributed by atoms with E-state index in [0.29, 0.717) is 30.1 Å². The van der Waals surface area contributed by atoms with Gasteiger partial charge in [-0.15, -0.1) is 0 Å². The van der Waals surface area contributed by atoms with Crippen LogP contribution in [0.15, 0.2) is 84.0 Å². The van der Waals surface area contributed by atoms with Crippen molar-refractivity contribution in [2.75, 3.05) is 10.6 Å². The third-order valence-electron chi connectivity index (χ3n) is 9.45. The number of aryl methyl sites for hydroxylation is 1. The first-order valence-electron chi connectivity index (χ1n) is 19.2. The molecule has 9 nitrogen and oxygen atoms in total. The van der Waals surface area contributed by atoms with Gasteiger partial charge < -0.3 is 19.8 Å². The molecule has 0 aliphatic carbocycles. The molecule has 54 heavy (non-hydrogen) atoms. The standard InChI is InChI=1S/C44H57N5O4Si/c1-11-12-22-49-41-34(19-15-21-46-41)37(31-17-13-18-33(23-31)52-27-30-16-14-20-45-26-30)39(42(49)50)48-43(51)47-38-35(28(2)3)24-32(25-36(38)29(4)5)40(44(6,7)8)53-54(9)10/h13-21,23-26,28-29,40,54H,11-12,22,27H2,1-10H3,(H2,47,48,51). The molecule has 0 spiro atoms. The normalized spacial score (nSPS) is 12.5. The molecule has 0 saturated carbocycles. The summed E-state index contributed by atoms with van der Waals surface area (Å²) in [4.78, 5) is 37.8. The fourth-order valence-corrected chi connectivity index (χ4v) is 7.95. The zero-order chi connectivity index (χ0) is 39.2. The van der Waals surface area contributed by atoms with Crippen molar-refractivity contribution in [1.29, 1.82) is 0 Å². The van der Waals surface area contributed by atoms with Gasteiger partial charge in [-0.2, -0.15) is 0 Å². The van der Waals surface area contributed by atoms with Crippen molar-refractivity contribution in [1.82, 2.24) is 14.5 Å². The van der Waals surface area contributed by atoms with Gasteiger partial charge in [-0.25, -0.2) is 9.78 Å². The first-order chi connectivity index (χ1) is 25.7. The Labute approximate surface area is 322 Å². The SMILES string of the molecule is CCCCn1c(=O)c(NC(=O)Nc2c(C(C)C)cc(C(O[SiH](C)C)C(C)(C)C)cc2C(C)C)c(-c2cccc(OCc3cccnc3)c2)c2cccnc21. The zero-order valence-corrected chi connectivity index (χ0v) is 34.8.